The Labute approximate surface area is 176 Å². The number of hydrogen-bond acceptors (Lipinski definition) is 2. The lowest BCUT2D eigenvalue weighted by Crippen LogP contribution is -2.34. The third-order valence-electron chi connectivity index (χ3n) is 4.94. The lowest BCUT2D eigenvalue weighted by Gasteiger charge is -2.24. The van der Waals surface area contributed by atoms with Crippen LogP contribution in [-0.4, -0.2) is 26.9 Å². The molecule has 1 amide bonds. The molecule has 0 radical (unpaired) electrons. The van der Waals surface area contributed by atoms with Crippen molar-refractivity contribution in [3.05, 3.63) is 64.7 Å². The second kappa shape index (κ2) is 9.40. The lowest BCUT2D eigenvalue weighted by molar-refractivity contribution is 0.0724. The van der Waals surface area contributed by atoms with E-state index in [9.17, 15) is 9.18 Å². The molecular weight excluding hydrogens is 389 g/mol. The molecule has 154 valence electrons. The molecule has 0 fully saturated rings. The third-order valence-corrected chi connectivity index (χ3v) is 5.17. The average molecular weight is 416 g/mol. The van der Waals surface area contributed by atoms with Gasteiger partial charge in [0.25, 0.3) is 5.91 Å². The predicted octanol–water partition coefficient (Wildman–Crippen LogP) is 5.93. The molecule has 3 rings (SSSR count). The number of nitrogens with zero attached hydrogens (tertiary/aromatic N) is 3. The highest BCUT2D eigenvalue weighted by Gasteiger charge is 2.22. The average Bonchev–Trinajstić information content (AvgIpc) is 3.02. The lowest BCUT2D eigenvalue weighted by atomic mass is 10.1. The number of hydrogen-bond donors (Lipinski definition) is 0. The van der Waals surface area contributed by atoms with Crippen LogP contribution in [0.4, 0.5) is 4.39 Å². The van der Waals surface area contributed by atoms with Gasteiger partial charge < -0.3 is 9.47 Å². The number of benzene rings is 2. The molecule has 0 saturated heterocycles. The molecule has 1 aromatic heterocycles. The molecule has 0 atom stereocenters. The summed E-state index contributed by atoms with van der Waals surface area (Å²) < 4.78 is 16.4. The largest absolute Gasteiger partial charge is 0.331 e. The highest BCUT2D eigenvalue weighted by atomic mass is 35.5. The molecule has 0 unspecified atom stereocenters. The van der Waals surface area contributed by atoms with Crippen LogP contribution in [0.25, 0.3) is 11.0 Å². The Balaban J connectivity index is 1.98. The Morgan fingerprint density at radius 2 is 2.00 bits per heavy atom. The van der Waals surface area contributed by atoms with E-state index < -0.39 is 5.82 Å². The fraction of sp³-hybridized carbons (Fsp3) is 0.391. The minimum atomic E-state index is -0.499. The molecule has 1 heterocycles. The summed E-state index contributed by atoms with van der Waals surface area (Å²) in [5.74, 6) is 0.412. The molecule has 0 aliphatic heterocycles. The Hall–Kier alpha value is -2.40. The van der Waals surface area contributed by atoms with Gasteiger partial charge in [-0.3, -0.25) is 4.79 Å². The molecule has 4 nitrogen and oxygen atoms in total. The first kappa shape index (κ1) is 21.3. The number of halogens is 2. The zero-order valence-electron chi connectivity index (χ0n) is 17.2. The molecule has 0 saturated carbocycles. The Bertz CT molecular complexity index is 999. The Morgan fingerprint density at radius 1 is 1.24 bits per heavy atom. The predicted molar refractivity (Wildman–Crippen MR) is 116 cm³/mol. The normalized spacial score (nSPS) is 11.4. The van der Waals surface area contributed by atoms with E-state index in [0.29, 0.717) is 24.0 Å². The number of fused-ring (bicyclic) bond motifs is 1. The van der Waals surface area contributed by atoms with Crippen molar-refractivity contribution in [3.8, 4) is 0 Å². The summed E-state index contributed by atoms with van der Waals surface area (Å²) in [6.07, 6.45) is 1.76. The highest BCUT2D eigenvalue weighted by Crippen LogP contribution is 2.23. The number of amides is 1. The Morgan fingerprint density at radius 3 is 2.69 bits per heavy atom. The van der Waals surface area contributed by atoms with Crippen molar-refractivity contribution < 1.29 is 9.18 Å². The molecule has 6 heteroatoms. The summed E-state index contributed by atoms with van der Waals surface area (Å²) in [5.41, 5.74) is 1.90. The van der Waals surface area contributed by atoms with Gasteiger partial charge >= 0.3 is 0 Å². The van der Waals surface area contributed by atoms with Gasteiger partial charge in [0, 0.05) is 18.1 Å². The van der Waals surface area contributed by atoms with Crippen molar-refractivity contribution in [3.63, 3.8) is 0 Å². The van der Waals surface area contributed by atoms with Crippen LogP contribution in [0.5, 0.6) is 0 Å². The van der Waals surface area contributed by atoms with Gasteiger partial charge in [-0.2, -0.15) is 0 Å². The van der Waals surface area contributed by atoms with Crippen LogP contribution in [0.2, 0.25) is 5.02 Å². The van der Waals surface area contributed by atoms with Crippen molar-refractivity contribution in [1.82, 2.24) is 14.5 Å². The van der Waals surface area contributed by atoms with E-state index in [-0.39, 0.29) is 11.5 Å². The quantitative estimate of drug-likeness (QED) is 0.457. The smallest absolute Gasteiger partial charge is 0.257 e. The maximum atomic E-state index is 14.3. The number of imidazole rings is 1. The van der Waals surface area contributed by atoms with Gasteiger partial charge in [-0.25, -0.2) is 9.37 Å². The van der Waals surface area contributed by atoms with Crippen molar-refractivity contribution in [2.45, 2.75) is 46.7 Å². The monoisotopic (exact) mass is 415 g/mol. The first-order valence-corrected chi connectivity index (χ1v) is 10.5. The van der Waals surface area contributed by atoms with Crippen LogP contribution in [0.1, 0.15) is 49.8 Å². The fourth-order valence-corrected chi connectivity index (χ4v) is 3.55. The molecule has 0 N–H and O–H groups in total. The van der Waals surface area contributed by atoms with E-state index in [0.717, 1.165) is 36.2 Å². The van der Waals surface area contributed by atoms with Gasteiger partial charge in [0.1, 0.15) is 11.6 Å². The van der Waals surface area contributed by atoms with Crippen molar-refractivity contribution in [2.75, 3.05) is 6.54 Å². The molecule has 29 heavy (non-hydrogen) atoms. The van der Waals surface area contributed by atoms with E-state index in [1.54, 1.807) is 17.0 Å². The van der Waals surface area contributed by atoms with E-state index >= 15 is 0 Å². The van der Waals surface area contributed by atoms with Crippen molar-refractivity contribution in [1.29, 1.82) is 0 Å². The number of rotatable bonds is 8. The Kier molecular flexibility index (Phi) is 6.91. The highest BCUT2D eigenvalue weighted by molar-refractivity contribution is 6.31. The number of aryl methyl sites for hydroxylation is 1. The summed E-state index contributed by atoms with van der Waals surface area (Å²) in [6.45, 7) is 7.96. The minimum absolute atomic E-state index is 0.0949. The topological polar surface area (TPSA) is 38.1 Å². The second-order valence-corrected chi connectivity index (χ2v) is 8.14. The van der Waals surface area contributed by atoms with Crippen LogP contribution in [-0.2, 0) is 13.1 Å². The maximum Gasteiger partial charge on any atom is 0.257 e. The molecule has 0 spiro atoms. The number of aromatic nitrogens is 2. The zero-order valence-corrected chi connectivity index (χ0v) is 17.9. The first-order valence-electron chi connectivity index (χ1n) is 10.1. The van der Waals surface area contributed by atoms with Crippen LogP contribution >= 0.6 is 11.6 Å². The minimum Gasteiger partial charge on any atom is -0.331 e. The molecule has 0 aliphatic rings. The molecule has 0 aliphatic carbocycles. The summed E-state index contributed by atoms with van der Waals surface area (Å²) in [5, 5.41) is 0.653. The summed E-state index contributed by atoms with van der Waals surface area (Å²) in [7, 11) is 0. The molecule has 2 aromatic carbocycles. The van der Waals surface area contributed by atoms with Gasteiger partial charge in [-0.15, -0.1) is 0 Å². The van der Waals surface area contributed by atoms with E-state index in [4.69, 9.17) is 16.6 Å². The van der Waals surface area contributed by atoms with Gasteiger partial charge in [-0.05, 0) is 49.1 Å². The van der Waals surface area contributed by atoms with Crippen LogP contribution in [0.3, 0.4) is 0 Å². The fourth-order valence-electron chi connectivity index (χ4n) is 3.38. The molecular formula is C23H27ClFN3O. The summed E-state index contributed by atoms with van der Waals surface area (Å²) in [4.78, 5) is 19.6. The van der Waals surface area contributed by atoms with Gasteiger partial charge in [0.2, 0.25) is 0 Å². The zero-order chi connectivity index (χ0) is 21.0. The van der Waals surface area contributed by atoms with Crippen molar-refractivity contribution in [2.24, 2.45) is 5.92 Å². The van der Waals surface area contributed by atoms with Crippen LogP contribution < -0.4 is 0 Å². The van der Waals surface area contributed by atoms with E-state index in [1.807, 2.05) is 18.2 Å². The SMILES string of the molecule is CCCn1c(CN(CCC(C)C)C(=O)c2ccccc2F)nc2ccc(Cl)cc21. The first-order chi connectivity index (χ1) is 13.9. The van der Waals surface area contributed by atoms with Gasteiger partial charge in [0.05, 0.1) is 23.1 Å². The maximum absolute atomic E-state index is 14.3. The van der Waals surface area contributed by atoms with Crippen LogP contribution in [0.15, 0.2) is 42.5 Å². The molecule has 0 bridgehead atoms. The number of carbonyl (C=O) groups excluding carboxylic acids is 1. The summed E-state index contributed by atoms with van der Waals surface area (Å²) >= 11 is 6.19. The van der Waals surface area contributed by atoms with Gasteiger partial charge in [-0.1, -0.05) is 44.5 Å². The molecule has 3 aromatic rings. The number of carbonyl (C=O) groups is 1. The van der Waals surface area contributed by atoms with Crippen LogP contribution in [0, 0.1) is 11.7 Å². The van der Waals surface area contributed by atoms with Gasteiger partial charge in [0.15, 0.2) is 0 Å². The third kappa shape index (κ3) is 4.96. The second-order valence-electron chi connectivity index (χ2n) is 7.70. The summed E-state index contributed by atoms with van der Waals surface area (Å²) in [6, 6.07) is 11.7. The standard InChI is InChI=1S/C23H27ClFN3O/c1-4-12-28-21-14-17(24)9-10-20(21)26-22(28)15-27(13-11-16(2)3)23(29)18-7-5-6-8-19(18)25/h5-10,14,16H,4,11-13,15H2,1-3H3. The van der Waals surface area contributed by atoms with E-state index in [2.05, 4.69) is 25.3 Å². The van der Waals surface area contributed by atoms with Crippen molar-refractivity contribution >= 4 is 28.5 Å². The van der Waals surface area contributed by atoms with E-state index in [1.165, 1.54) is 12.1 Å².